The van der Waals surface area contributed by atoms with Gasteiger partial charge in [0.05, 0.1) is 4.90 Å². The zero-order valence-electron chi connectivity index (χ0n) is 10.9. The number of sulfonamides is 1. The quantitative estimate of drug-likeness (QED) is 0.904. The van der Waals surface area contributed by atoms with Gasteiger partial charge < -0.3 is 0 Å². The number of amides is 1. The Balaban J connectivity index is 1.66. The molecule has 2 saturated carbocycles. The summed E-state index contributed by atoms with van der Waals surface area (Å²) in [5.74, 6) is -0.500. The lowest BCUT2D eigenvalue weighted by molar-refractivity contribution is -0.134. The number of hydrogen-bond donors (Lipinski definition) is 1. The summed E-state index contributed by atoms with van der Waals surface area (Å²) >= 11 is 3.23. The molecule has 108 valence electrons. The molecule has 0 saturated heterocycles. The van der Waals surface area contributed by atoms with Crippen LogP contribution in [0, 0.1) is 11.3 Å². The molecule has 0 bridgehead atoms. The first-order valence-corrected chi connectivity index (χ1v) is 9.00. The molecule has 1 aromatic carbocycles. The van der Waals surface area contributed by atoms with Crippen molar-refractivity contribution in [3.63, 3.8) is 0 Å². The first-order chi connectivity index (χ1) is 9.40. The highest BCUT2D eigenvalue weighted by molar-refractivity contribution is 9.10. The van der Waals surface area contributed by atoms with E-state index in [-0.39, 0.29) is 16.7 Å². The minimum absolute atomic E-state index is 0.109. The Hall–Kier alpha value is -0.880. The van der Waals surface area contributed by atoms with Crippen LogP contribution in [0.15, 0.2) is 33.6 Å². The van der Waals surface area contributed by atoms with Gasteiger partial charge in [0.1, 0.15) is 0 Å². The van der Waals surface area contributed by atoms with E-state index < -0.39 is 10.0 Å². The summed E-state index contributed by atoms with van der Waals surface area (Å²) in [7, 11) is -3.76. The standard InChI is InChI=1S/C14H16BrNO3S/c15-11-3-1-4-12(7-11)20(18,19)16-13(17)10-8-14(9-10)5-2-6-14/h1,3-4,7,10H,2,5-6,8-9H2,(H,16,17). The number of rotatable bonds is 3. The maximum Gasteiger partial charge on any atom is 0.264 e. The van der Waals surface area contributed by atoms with Crippen LogP contribution in [0.3, 0.4) is 0 Å². The minimum Gasteiger partial charge on any atom is -0.274 e. The van der Waals surface area contributed by atoms with E-state index in [1.807, 2.05) is 0 Å². The van der Waals surface area contributed by atoms with Crippen molar-refractivity contribution in [2.24, 2.45) is 11.3 Å². The summed E-state index contributed by atoms with van der Waals surface area (Å²) in [6.07, 6.45) is 5.30. The van der Waals surface area contributed by atoms with Crippen molar-refractivity contribution in [3.05, 3.63) is 28.7 Å². The van der Waals surface area contributed by atoms with Gasteiger partial charge >= 0.3 is 0 Å². The monoisotopic (exact) mass is 357 g/mol. The normalized spacial score (nSPS) is 21.1. The Labute approximate surface area is 127 Å². The van der Waals surface area contributed by atoms with Gasteiger partial charge in [-0.2, -0.15) is 0 Å². The molecule has 0 unspecified atom stereocenters. The third-order valence-corrected chi connectivity index (χ3v) is 6.32. The molecule has 0 radical (unpaired) electrons. The topological polar surface area (TPSA) is 63.2 Å². The highest BCUT2D eigenvalue weighted by Crippen LogP contribution is 2.58. The molecule has 0 aliphatic heterocycles. The van der Waals surface area contributed by atoms with Crippen LogP contribution in [0.2, 0.25) is 0 Å². The summed E-state index contributed by atoms with van der Waals surface area (Å²) in [4.78, 5) is 12.1. The van der Waals surface area contributed by atoms with Gasteiger partial charge in [-0.1, -0.05) is 28.4 Å². The maximum atomic E-state index is 12.1. The lowest BCUT2D eigenvalue weighted by Crippen LogP contribution is -2.49. The summed E-state index contributed by atoms with van der Waals surface area (Å²) < 4.78 is 27.1. The van der Waals surface area contributed by atoms with Crippen LogP contribution in [-0.4, -0.2) is 14.3 Å². The Morgan fingerprint density at radius 1 is 1.30 bits per heavy atom. The van der Waals surface area contributed by atoms with Crippen molar-refractivity contribution in [1.29, 1.82) is 0 Å². The Morgan fingerprint density at radius 2 is 2.00 bits per heavy atom. The molecule has 0 atom stereocenters. The summed E-state index contributed by atoms with van der Waals surface area (Å²) in [6, 6.07) is 6.35. The second-order valence-corrected chi connectivity index (χ2v) is 8.48. The van der Waals surface area contributed by atoms with E-state index in [2.05, 4.69) is 20.7 Å². The summed E-state index contributed by atoms with van der Waals surface area (Å²) in [5.41, 5.74) is 0.363. The zero-order chi connectivity index (χ0) is 14.4. The average Bonchev–Trinajstić information content (AvgIpc) is 2.24. The number of nitrogens with one attached hydrogen (secondary N) is 1. The lowest BCUT2D eigenvalue weighted by Gasteiger charge is -2.53. The fourth-order valence-corrected chi connectivity index (χ4v) is 4.80. The molecule has 2 aliphatic carbocycles. The molecule has 2 aliphatic rings. The highest BCUT2D eigenvalue weighted by atomic mass is 79.9. The molecule has 20 heavy (non-hydrogen) atoms. The van der Waals surface area contributed by atoms with Crippen molar-refractivity contribution < 1.29 is 13.2 Å². The van der Waals surface area contributed by atoms with Crippen LogP contribution >= 0.6 is 15.9 Å². The van der Waals surface area contributed by atoms with Crippen molar-refractivity contribution in [2.45, 2.75) is 37.0 Å². The van der Waals surface area contributed by atoms with Crippen molar-refractivity contribution in [3.8, 4) is 0 Å². The molecule has 1 spiro atoms. The maximum absolute atomic E-state index is 12.1. The van der Waals surface area contributed by atoms with Crippen LogP contribution < -0.4 is 4.72 Å². The Bertz CT molecular complexity index is 644. The van der Waals surface area contributed by atoms with Crippen LogP contribution in [0.4, 0.5) is 0 Å². The molecule has 1 aromatic rings. The van der Waals surface area contributed by atoms with Crippen molar-refractivity contribution in [1.82, 2.24) is 4.72 Å². The first kappa shape index (κ1) is 14.1. The summed E-state index contributed by atoms with van der Waals surface area (Å²) in [5, 5.41) is 0. The predicted molar refractivity (Wildman–Crippen MR) is 78.5 cm³/mol. The second kappa shape index (κ2) is 4.84. The van der Waals surface area contributed by atoms with Crippen LogP contribution in [-0.2, 0) is 14.8 Å². The lowest BCUT2D eigenvalue weighted by atomic mass is 9.52. The molecule has 1 N–H and O–H groups in total. The largest absolute Gasteiger partial charge is 0.274 e. The first-order valence-electron chi connectivity index (χ1n) is 6.73. The van der Waals surface area contributed by atoms with E-state index in [0.717, 1.165) is 12.8 Å². The van der Waals surface area contributed by atoms with Gasteiger partial charge in [0.2, 0.25) is 5.91 Å². The molecular formula is C14H16BrNO3S. The molecule has 2 fully saturated rings. The molecule has 0 aromatic heterocycles. The zero-order valence-corrected chi connectivity index (χ0v) is 13.3. The van der Waals surface area contributed by atoms with Crippen molar-refractivity contribution >= 4 is 31.9 Å². The van der Waals surface area contributed by atoms with E-state index in [1.165, 1.54) is 31.4 Å². The number of carbonyl (C=O) groups excluding carboxylic acids is 1. The van der Waals surface area contributed by atoms with E-state index in [1.54, 1.807) is 12.1 Å². The Morgan fingerprint density at radius 3 is 2.55 bits per heavy atom. The third-order valence-electron chi connectivity index (χ3n) is 4.49. The molecule has 1 amide bonds. The second-order valence-electron chi connectivity index (χ2n) is 5.89. The fourth-order valence-electron chi connectivity index (χ4n) is 3.16. The fraction of sp³-hybridized carbons (Fsp3) is 0.500. The molecule has 4 nitrogen and oxygen atoms in total. The molecule has 6 heteroatoms. The van der Waals surface area contributed by atoms with Crippen molar-refractivity contribution in [2.75, 3.05) is 0 Å². The molecule has 0 heterocycles. The molecular weight excluding hydrogens is 342 g/mol. The van der Waals surface area contributed by atoms with E-state index in [9.17, 15) is 13.2 Å². The van der Waals surface area contributed by atoms with Gasteiger partial charge in [-0.05, 0) is 49.3 Å². The minimum atomic E-state index is -3.76. The smallest absolute Gasteiger partial charge is 0.264 e. The predicted octanol–water partition coefficient (Wildman–Crippen LogP) is 2.83. The van der Waals surface area contributed by atoms with Gasteiger partial charge in [0.15, 0.2) is 0 Å². The summed E-state index contributed by atoms with van der Waals surface area (Å²) in [6.45, 7) is 0. The van der Waals surface area contributed by atoms with E-state index in [0.29, 0.717) is 9.89 Å². The number of hydrogen-bond acceptors (Lipinski definition) is 3. The van der Waals surface area contributed by atoms with Crippen LogP contribution in [0.5, 0.6) is 0 Å². The number of carbonyl (C=O) groups is 1. The highest BCUT2D eigenvalue weighted by Gasteiger charge is 2.50. The van der Waals surface area contributed by atoms with Gasteiger partial charge in [-0.3, -0.25) is 4.79 Å². The SMILES string of the molecule is O=C(NS(=O)(=O)c1cccc(Br)c1)C1CC2(CCC2)C1. The van der Waals surface area contributed by atoms with E-state index in [4.69, 9.17) is 0 Å². The van der Waals surface area contributed by atoms with Crippen LogP contribution in [0.25, 0.3) is 0 Å². The third kappa shape index (κ3) is 2.51. The van der Waals surface area contributed by atoms with Gasteiger partial charge in [0, 0.05) is 10.4 Å². The number of halogens is 1. The number of benzene rings is 1. The van der Waals surface area contributed by atoms with Gasteiger partial charge in [-0.25, -0.2) is 13.1 Å². The average molecular weight is 358 g/mol. The van der Waals surface area contributed by atoms with Gasteiger partial charge in [0.25, 0.3) is 10.0 Å². The van der Waals surface area contributed by atoms with Gasteiger partial charge in [-0.15, -0.1) is 0 Å². The molecule has 3 rings (SSSR count). The van der Waals surface area contributed by atoms with Crippen LogP contribution in [0.1, 0.15) is 32.1 Å². The Kier molecular flexibility index (Phi) is 3.41. The van der Waals surface area contributed by atoms with E-state index >= 15 is 0 Å².